The summed E-state index contributed by atoms with van der Waals surface area (Å²) in [6.07, 6.45) is 5.24. The van der Waals surface area contributed by atoms with Crippen molar-refractivity contribution in [3.63, 3.8) is 0 Å². The fourth-order valence-electron chi connectivity index (χ4n) is 10.2. The quantitative estimate of drug-likeness (QED) is 0.0967. The molecule has 0 saturated heterocycles. The topological polar surface area (TPSA) is 133 Å². The van der Waals surface area contributed by atoms with Gasteiger partial charge in [-0.1, -0.05) is 127 Å². The van der Waals surface area contributed by atoms with E-state index in [0.29, 0.717) is 17.2 Å². The zero-order chi connectivity index (χ0) is 52.5. The lowest BCUT2D eigenvalue weighted by Crippen LogP contribution is -2.37. The number of nitrogens with one attached hydrogen (secondary N) is 2. The lowest BCUT2D eigenvalue weighted by atomic mass is 10.0. The van der Waals surface area contributed by atoms with Crippen molar-refractivity contribution in [3.8, 4) is 62.8 Å². The number of imidazole rings is 3. The predicted molar refractivity (Wildman–Crippen MR) is 313 cm³/mol. The van der Waals surface area contributed by atoms with Crippen LogP contribution in [-0.4, -0.2) is 54.6 Å². The first-order valence-electron chi connectivity index (χ1n) is 25.9. The first-order chi connectivity index (χ1) is 39.1. The number of aromatic amines is 2. The highest BCUT2D eigenvalue weighted by atomic mass is 27.3. The van der Waals surface area contributed by atoms with Crippen molar-refractivity contribution in [1.82, 2.24) is 39.5 Å². The Morgan fingerprint density at radius 2 is 0.911 bits per heavy atom. The molecule has 0 aliphatic heterocycles. The minimum atomic E-state index is -2.86. The molecule has 0 unspecified atom stereocenters. The maximum absolute atomic E-state index is 6.41. The number of H-pyrrole nitrogens is 2. The van der Waals surface area contributed by atoms with Gasteiger partial charge in [-0.05, 0) is 115 Å². The summed E-state index contributed by atoms with van der Waals surface area (Å²) in [5.41, 5.74) is 13.5. The van der Waals surface area contributed by atoms with Gasteiger partial charge in [0, 0.05) is 51.6 Å². The minimum Gasteiger partial charge on any atom is -0.576 e. The second-order valence-electron chi connectivity index (χ2n) is 18.8. The molecule has 6 heterocycles. The van der Waals surface area contributed by atoms with Crippen LogP contribution in [0.2, 0.25) is 0 Å². The van der Waals surface area contributed by atoms with E-state index in [-0.39, 0.29) is 0 Å². The largest absolute Gasteiger partial charge is 1.20 e. The van der Waals surface area contributed by atoms with Gasteiger partial charge in [0.15, 0.2) is 11.0 Å². The molecule has 6 aromatic heterocycles. The number of fused-ring (bicyclic) bond motifs is 6. The van der Waals surface area contributed by atoms with Gasteiger partial charge in [0.05, 0.1) is 27.6 Å². The van der Waals surface area contributed by atoms with E-state index in [1.54, 1.807) is 18.6 Å². The lowest BCUT2D eigenvalue weighted by molar-refractivity contribution is -0.554. The van der Waals surface area contributed by atoms with Gasteiger partial charge < -0.3 is 16.3 Å². The van der Waals surface area contributed by atoms with Gasteiger partial charge in [-0.3, -0.25) is 19.5 Å². The fraction of sp³-hybridized carbons (Fsp3) is 0. The van der Waals surface area contributed by atoms with Gasteiger partial charge in [-0.25, -0.2) is 15.0 Å². The normalized spacial score (nSPS) is 11.3. The summed E-state index contributed by atoms with van der Waals surface area (Å²) in [6.45, 7) is 0. The summed E-state index contributed by atoms with van der Waals surface area (Å²) < 4.78 is 23.8. The van der Waals surface area contributed by atoms with E-state index in [4.69, 9.17) is 21.3 Å². The smallest absolute Gasteiger partial charge is 0.576 e. The number of hydrogen-bond acceptors (Lipinski definition) is 8. The van der Waals surface area contributed by atoms with Gasteiger partial charge in [0.2, 0.25) is 0 Å². The van der Waals surface area contributed by atoms with Crippen LogP contribution in [0.3, 0.4) is 0 Å². The molecule has 2 N–H and O–H groups in total. The Hall–Kier alpha value is -10.4. The van der Waals surface area contributed by atoms with E-state index in [1.165, 1.54) is 0 Å². The van der Waals surface area contributed by atoms with Crippen molar-refractivity contribution >= 4 is 81.0 Å². The summed E-state index contributed by atoms with van der Waals surface area (Å²) in [5.74, 6) is 4.47. The average Bonchev–Trinajstić information content (AvgIpc) is 4.30. The number of hydrogen-bond donors (Lipinski definition) is 2. The van der Waals surface area contributed by atoms with Crippen LogP contribution in [0.4, 0.5) is 0 Å². The molecule has 0 radical (unpaired) electrons. The van der Waals surface area contributed by atoms with Gasteiger partial charge in [-0.15, -0.1) is 0 Å². The van der Waals surface area contributed by atoms with Crippen LogP contribution < -0.4 is 15.9 Å². The minimum absolute atomic E-state index is 0.608. The summed E-state index contributed by atoms with van der Waals surface area (Å²) in [6, 6.07) is 81.6. The number of para-hydroxylation sites is 11. The molecular weight excluding hydrogens is 994 g/mol. The van der Waals surface area contributed by atoms with E-state index in [2.05, 4.69) is 149 Å². The second-order valence-corrected chi connectivity index (χ2v) is 20.1. The number of pyridine rings is 3. The van der Waals surface area contributed by atoms with Gasteiger partial charge >= 0.3 is 15.1 Å². The molecule has 79 heavy (non-hydrogen) atoms. The highest BCUT2D eigenvalue weighted by molar-refractivity contribution is 6.40. The van der Waals surface area contributed by atoms with Crippen molar-refractivity contribution in [2.24, 2.45) is 0 Å². The first kappa shape index (κ1) is 47.0. The Bertz CT molecular complexity index is 4320. The molecule has 0 aliphatic rings. The SMILES string of the molecule is c1ccc(-n2c(-c3cc(-c4nc5ccccc5[nH]4)cc(-c4[nH]c5ccccc5[n+]4-c4ccccc4)c3)nc3ccccc32)cc1.c1cnc2c([O][Al]([O]c3cccc4cccnc34)[O]c3cccc4cccnc34)cccc2c1. The van der Waals surface area contributed by atoms with E-state index in [0.717, 1.165) is 111 Å². The van der Waals surface area contributed by atoms with E-state index < -0.39 is 15.1 Å². The standard InChI is InChI=1S/C39H26N6.3C9H7NO.Al/c1-3-13-29(14-4-1)44-35-21-11-9-19-33(35)42-38(44)27-23-26(37-40-31-17-7-8-18-32(31)41-37)24-28(25-27)39-43-34-20-10-12-22-36(34)45(39)30-15-5-2-6-16-30;3*11-8-5-1-3-7-4-2-6-10-9(7)8;/h1-25H,(H,40,41);3*1-6,11H;/q;;;;+3/p-2. The summed E-state index contributed by atoms with van der Waals surface area (Å²) in [5, 5.41) is 2.93. The highest BCUT2D eigenvalue weighted by Crippen LogP contribution is 2.36. The Labute approximate surface area is 457 Å². The summed E-state index contributed by atoms with van der Waals surface area (Å²) >= 11 is -2.86. The third kappa shape index (κ3) is 9.21. The van der Waals surface area contributed by atoms with E-state index in [1.807, 2.05) is 127 Å². The van der Waals surface area contributed by atoms with Crippen molar-refractivity contribution in [1.29, 1.82) is 0 Å². The van der Waals surface area contributed by atoms with Crippen LogP contribution in [0.5, 0.6) is 17.2 Å². The number of nitrogens with zero attached hydrogens (tertiary/aromatic N) is 7. The Kier molecular flexibility index (Phi) is 12.3. The maximum Gasteiger partial charge on any atom is 1.20 e. The molecule has 0 atom stereocenters. The maximum atomic E-state index is 6.41. The molecule has 0 aliphatic carbocycles. The monoisotopic (exact) mass is 1040 g/mol. The van der Waals surface area contributed by atoms with E-state index >= 15 is 0 Å². The molecule has 0 bridgehead atoms. The molecule has 0 saturated carbocycles. The highest BCUT2D eigenvalue weighted by Gasteiger charge is 2.46. The van der Waals surface area contributed by atoms with Crippen LogP contribution in [0, 0.1) is 0 Å². The van der Waals surface area contributed by atoms with Gasteiger partial charge in [0.25, 0.3) is 5.82 Å². The van der Waals surface area contributed by atoms with Crippen LogP contribution in [0.25, 0.3) is 111 Å². The Morgan fingerprint density at radius 3 is 1.53 bits per heavy atom. The zero-order valence-corrected chi connectivity index (χ0v) is 43.4. The van der Waals surface area contributed by atoms with Crippen molar-refractivity contribution in [3.05, 3.63) is 261 Å². The van der Waals surface area contributed by atoms with Gasteiger partial charge in [-0.2, -0.15) is 4.57 Å². The predicted octanol–water partition coefficient (Wildman–Crippen LogP) is 14.5. The molecule has 9 aromatic carbocycles. The molecule has 0 spiro atoms. The van der Waals surface area contributed by atoms with Crippen LogP contribution in [0.15, 0.2) is 261 Å². The molecular formula is C66H45AlN9O3+. The Morgan fingerprint density at radius 1 is 0.405 bits per heavy atom. The number of rotatable bonds is 11. The van der Waals surface area contributed by atoms with Crippen molar-refractivity contribution < 1.29 is 15.9 Å². The number of benzene rings is 9. The molecule has 15 aromatic rings. The van der Waals surface area contributed by atoms with Crippen LogP contribution >= 0.6 is 0 Å². The first-order valence-corrected chi connectivity index (χ1v) is 27.3. The Balaban J connectivity index is 0.000000149. The zero-order valence-electron chi connectivity index (χ0n) is 42.3. The lowest BCUT2D eigenvalue weighted by Gasteiger charge is -2.18. The van der Waals surface area contributed by atoms with Crippen LogP contribution in [0.1, 0.15) is 0 Å². The van der Waals surface area contributed by atoms with Crippen LogP contribution in [-0.2, 0) is 0 Å². The molecule has 0 fully saturated rings. The van der Waals surface area contributed by atoms with Crippen molar-refractivity contribution in [2.45, 2.75) is 0 Å². The van der Waals surface area contributed by atoms with Gasteiger partial charge in [0.1, 0.15) is 51.1 Å². The third-order valence-electron chi connectivity index (χ3n) is 13.8. The molecule has 13 heteroatoms. The number of aromatic nitrogens is 9. The van der Waals surface area contributed by atoms with Crippen molar-refractivity contribution in [2.75, 3.05) is 0 Å². The summed E-state index contributed by atoms with van der Waals surface area (Å²) in [4.78, 5) is 31.0. The molecule has 12 nitrogen and oxygen atoms in total. The third-order valence-corrected chi connectivity index (χ3v) is 15.1. The second kappa shape index (κ2) is 20.6. The fourth-order valence-corrected chi connectivity index (χ4v) is 11.5. The molecule has 374 valence electrons. The molecule has 15 rings (SSSR count). The summed E-state index contributed by atoms with van der Waals surface area (Å²) in [7, 11) is 0. The molecule has 0 amide bonds. The average molecular weight is 1040 g/mol. The van der Waals surface area contributed by atoms with E-state index in [9.17, 15) is 0 Å².